The van der Waals surface area contributed by atoms with E-state index in [0.29, 0.717) is 17.2 Å². The summed E-state index contributed by atoms with van der Waals surface area (Å²) in [5, 5.41) is 12.7. The second-order valence-corrected chi connectivity index (χ2v) is 10.2. The number of nitrogens with one attached hydrogen (secondary N) is 1. The molecule has 3 heterocycles. The number of amides is 1. The number of hydrogen-bond donors (Lipinski definition) is 2. The number of aliphatic hydroxyl groups excluding tert-OH is 1. The highest BCUT2D eigenvalue weighted by Crippen LogP contribution is 2.25. The number of fused-ring (bicyclic) bond motifs is 1. The van der Waals surface area contributed by atoms with Crippen LogP contribution in [0.15, 0.2) is 41.4 Å². The number of pyridine rings is 1. The van der Waals surface area contributed by atoms with E-state index in [0.717, 1.165) is 61.0 Å². The summed E-state index contributed by atoms with van der Waals surface area (Å²) in [5.74, 6) is 0.850. The van der Waals surface area contributed by atoms with Crippen LogP contribution in [0.3, 0.4) is 0 Å². The van der Waals surface area contributed by atoms with E-state index >= 15 is 0 Å². The van der Waals surface area contributed by atoms with E-state index in [9.17, 15) is 14.1 Å². The molecule has 172 valence electrons. The highest BCUT2D eigenvalue weighted by Gasteiger charge is 2.25. The smallest absolute Gasteiger partial charge is 0.253 e. The van der Waals surface area contributed by atoms with Gasteiger partial charge in [0.1, 0.15) is 0 Å². The molecule has 3 atom stereocenters. The summed E-state index contributed by atoms with van der Waals surface area (Å²) in [6, 6.07) is 8.55. The van der Waals surface area contributed by atoms with Crippen LogP contribution in [0, 0.1) is 5.92 Å². The summed E-state index contributed by atoms with van der Waals surface area (Å²) in [4.78, 5) is 20.5. The molecule has 32 heavy (non-hydrogen) atoms. The monoisotopic (exact) mass is 457 g/mol. The van der Waals surface area contributed by atoms with Crippen molar-refractivity contribution >= 4 is 16.7 Å². The first-order valence-corrected chi connectivity index (χ1v) is 12.6. The van der Waals surface area contributed by atoms with Crippen LogP contribution in [-0.2, 0) is 28.6 Å². The van der Waals surface area contributed by atoms with E-state index in [2.05, 4.69) is 15.2 Å². The minimum absolute atomic E-state index is 0.225. The van der Waals surface area contributed by atoms with Gasteiger partial charge in [-0.3, -0.25) is 18.9 Å². The third-order valence-corrected chi connectivity index (χ3v) is 7.48. The van der Waals surface area contributed by atoms with Gasteiger partial charge in [-0.1, -0.05) is 19.1 Å². The van der Waals surface area contributed by atoms with Gasteiger partial charge in [0, 0.05) is 43.1 Å². The topological polar surface area (TPSA) is 91.8 Å². The Hall–Kier alpha value is -2.13. The van der Waals surface area contributed by atoms with E-state index in [-0.39, 0.29) is 12.5 Å². The molecule has 1 amide bonds. The Morgan fingerprint density at radius 1 is 1.34 bits per heavy atom. The van der Waals surface area contributed by atoms with Gasteiger partial charge in [0.25, 0.3) is 5.91 Å². The van der Waals surface area contributed by atoms with Crippen molar-refractivity contribution < 1.29 is 18.8 Å². The molecule has 7 nitrogen and oxygen atoms in total. The van der Waals surface area contributed by atoms with Gasteiger partial charge >= 0.3 is 0 Å². The molecule has 2 aromatic rings. The molecule has 3 unspecified atom stereocenters. The zero-order chi connectivity index (χ0) is 22.5. The van der Waals surface area contributed by atoms with Gasteiger partial charge in [-0.25, -0.2) is 0 Å². The standard InChI is InChI=1S/C24H31N3O4S/c1-2-32(30)21-7-5-18(6-8-21)23(15-28)26-24(29)19-10-20-13-27(14-22(20)25-11-19)12-17-4-3-9-31-16-17/h5-8,10-11,17,23,28H,2-4,9,12-16H2,1H3,(H,26,29). The zero-order valence-electron chi connectivity index (χ0n) is 18.5. The van der Waals surface area contributed by atoms with Crippen molar-refractivity contribution in [1.29, 1.82) is 0 Å². The Morgan fingerprint density at radius 3 is 2.84 bits per heavy atom. The maximum atomic E-state index is 12.9. The minimum Gasteiger partial charge on any atom is -0.394 e. The molecule has 2 N–H and O–H groups in total. The molecule has 2 aliphatic rings. The van der Waals surface area contributed by atoms with Crippen LogP contribution in [0.25, 0.3) is 0 Å². The van der Waals surface area contributed by atoms with Crippen molar-refractivity contribution in [3.63, 3.8) is 0 Å². The fourth-order valence-corrected chi connectivity index (χ4v) is 5.16. The van der Waals surface area contributed by atoms with Gasteiger partial charge in [0.15, 0.2) is 0 Å². The first-order valence-electron chi connectivity index (χ1n) is 11.2. The number of nitrogens with zero attached hydrogens (tertiary/aromatic N) is 2. The molecule has 0 spiro atoms. The predicted octanol–water partition coefficient (Wildman–Crippen LogP) is 2.41. The molecule has 1 saturated heterocycles. The van der Waals surface area contributed by atoms with Crippen LogP contribution in [0.5, 0.6) is 0 Å². The highest BCUT2D eigenvalue weighted by molar-refractivity contribution is 7.85. The Labute approximate surface area is 191 Å². The quantitative estimate of drug-likeness (QED) is 0.633. The molecule has 1 fully saturated rings. The van der Waals surface area contributed by atoms with E-state index in [4.69, 9.17) is 4.74 Å². The van der Waals surface area contributed by atoms with Gasteiger partial charge in [-0.15, -0.1) is 0 Å². The second kappa shape index (κ2) is 10.7. The molecule has 0 radical (unpaired) electrons. The first-order chi connectivity index (χ1) is 15.6. The zero-order valence-corrected chi connectivity index (χ0v) is 19.3. The van der Waals surface area contributed by atoms with Crippen molar-refractivity contribution in [3.8, 4) is 0 Å². The number of benzene rings is 1. The first kappa shape index (κ1) is 23.0. The van der Waals surface area contributed by atoms with Crippen molar-refractivity contribution in [2.75, 3.05) is 32.1 Å². The maximum absolute atomic E-state index is 12.9. The minimum atomic E-state index is -1.03. The summed E-state index contributed by atoms with van der Waals surface area (Å²) in [6.07, 6.45) is 3.94. The normalized spacial score (nSPS) is 20.5. The average Bonchev–Trinajstić information content (AvgIpc) is 3.24. The molecule has 0 aliphatic carbocycles. The molecule has 0 saturated carbocycles. The number of aliphatic hydroxyl groups is 1. The molecule has 8 heteroatoms. The highest BCUT2D eigenvalue weighted by atomic mass is 32.2. The molecule has 4 rings (SSSR count). The van der Waals surface area contributed by atoms with Crippen molar-refractivity contribution in [3.05, 3.63) is 58.9 Å². The largest absolute Gasteiger partial charge is 0.394 e. The summed E-state index contributed by atoms with van der Waals surface area (Å²) in [7, 11) is -1.03. The van der Waals surface area contributed by atoms with Crippen LogP contribution in [-0.4, -0.2) is 57.2 Å². The lowest BCUT2D eigenvalue weighted by atomic mass is 10.0. The van der Waals surface area contributed by atoms with Gasteiger partial charge < -0.3 is 15.2 Å². The van der Waals surface area contributed by atoms with Gasteiger partial charge in [-0.05, 0) is 48.1 Å². The van der Waals surface area contributed by atoms with Crippen LogP contribution in [0.4, 0.5) is 0 Å². The summed E-state index contributed by atoms with van der Waals surface area (Å²) in [6.45, 7) is 5.92. The molecule has 1 aromatic heterocycles. The van der Waals surface area contributed by atoms with E-state index in [1.165, 1.54) is 6.42 Å². The fraction of sp³-hybridized carbons (Fsp3) is 0.500. The number of ether oxygens (including phenoxy) is 1. The number of carbonyl (C=O) groups excluding carboxylic acids is 1. The number of aromatic nitrogens is 1. The lowest BCUT2D eigenvalue weighted by molar-refractivity contribution is 0.0378. The number of carbonyl (C=O) groups is 1. The molecular weight excluding hydrogens is 426 g/mol. The van der Waals surface area contributed by atoms with Crippen molar-refractivity contribution in [1.82, 2.24) is 15.2 Å². The number of hydrogen-bond acceptors (Lipinski definition) is 6. The van der Waals surface area contributed by atoms with Gasteiger partial charge in [0.2, 0.25) is 0 Å². The van der Waals surface area contributed by atoms with Crippen LogP contribution >= 0.6 is 0 Å². The fourth-order valence-electron chi connectivity index (χ4n) is 4.39. The molecular formula is C24H31N3O4S. The Bertz CT molecular complexity index is 960. The van der Waals surface area contributed by atoms with Gasteiger partial charge in [0.05, 0.1) is 41.3 Å². The van der Waals surface area contributed by atoms with Crippen LogP contribution in [0.2, 0.25) is 0 Å². The van der Waals surface area contributed by atoms with E-state index in [1.54, 1.807) is 30.5 Å². The van der Waals surface area contributed by atoms with E-state index in [1.807, 2.05) is 13.0 Å². The maximum Gasteiger partial charge on any atom is 0.253 e. The van der Waals surface area contributed by atoms with Crippen molar-refractivity contribution in [2.45, 2.75) is 43.8 Å². The molecule has 1 aromatic carbocycles. The van der Waals surface area contributed by atoms with Gasteiger partial charge in [-0.2, -0.15) is 0 Å². The van der Waals surface area contributed by atoms with E-state index < -0.39 is 16.8 Å². The second-order valence-electron chi connectivity index (χ2n) is 8.49. The third kappa shape index (κ3) is 5.43. The number of rotatable bonds is 8. The SMILES string of the molecule is CCS(=O)c1ccc(C(CO)NC(=O)c2cnc3c(c2)CN(CC2CCCOC2)C3)cc1. The van der Waals surface area contributed by atoms with Crippen molar-refractivity contribution in [2.24, 2.45) is 5.92 Å². The lowest BCUT2D eigenvalue weighted by Gasteiger charge is -2.26. The Kier molecular flexibility index (Phi) is 7.67. The summed E-state index contributed by atoms with van der Waals surface area (Å²) in [5.41, 5.74) is 3.37. The van der Waals surface area contributed by atoms with Crippen LogP contribution < -0.4 is 5.32 Å². The Morgan fingerprint density at radius 2 is 2.16 bits per heavy atom. The molecule has 2 aliphatic heterocycles. The predicted molar refractivity (Wildman–Crippen MR) is 123 cm³/mol. The summed E-state index contributed by atoms with van der Waals surface area (Å²) >= 11 is 0. The lowest BCUT2D eigenvalue weighted by Crippen LogP contribution is -2.31. The van der Waals surface area contributed by atoms with Crippen LogP contribution in [0.1, 0.15) is 53.0 Å². The molecule has 0 bridgehead atoms. The summed E-state index contributed by atoms with van der Waals surface area (Å²) < 4.78 is 17.5. The average molecular weight is 458 g/mol. The third-order valence-electron chi connectivity index (χ3n) is 6.16. The Balaban J connectivity index is 1.38.